The molecule has 0 aliphatic rings. The first-order valence-electron chi connectivity index (χ1n) is 8.59. The van der Waals surface area contributed by atoms with Gasteiger partial charge in [-0.3, -0.25) is 4.68 Å². The van der Waals surface area contributed by atoms with E-state index in [1.54, 1.807) is 12.1 Å². The predicted molar refractivity (Wildman–Crippen MR) is 102 cm³/mol. The molecule has 0 spiro atoms. The average molecular weight is 367 g/mol. The van der Waals surface area contributed by atoms with Gasteiger partial charge in [0.1, 0.15) is 18.1 Å². The third-order valence-corrected chi connectivity index (χ3v) is 4.50. The standard InChI is InChI=1S/C20H19ClN4O/c21-17-6-8-19(9-7-17)26-15-18-14-25(23-22-18)12-3-11-24-13-10-16-4-1-2-5-20(16)24/h1-2,4-10,13-14H,3,11-12,15H2. The monoisotopic (exact) mass is 366 g/mol. The Balaban J connectivity index is 1.29. The van der Waals surface area contributed by atoms with Crippen molar-refractivity contribution in [2.75, 3.05) is 0 Å². The fourth-order valence-electron chi connectivity index (χ4n) is 2.94. The van der Waals surface area contributed by atoms with Crippen molar-refractivity contribution < 1.29 is 4.74 Å². The van der Waals surface area contributed by atoms with Gasteiger partial charge in [0.05, 0.1) is 6.20 Å². The smallest absolute Gasteiger partial charge is 0.134 e. The number of fused-ring (bicyclic) bond motifs is 1. The fourth-order valence-corrected chi connectivity index (χ4v) is 3.07. The minimum absolute atomic E-state index is 0.393. The van der Waals surface area contributed by atoms with Crippen LogP contribution in [0.2, 0.25) is 5.02 Å². The molecule has 0 unspecified atom stereocenters. The third kappa shape index (κ3) is 3.89. The van der Waals surface area contributed by atoms with E-state index in [1.165, 1.54) is 10.9 Å². The van der Waals surface area contributed by atoms with Crippen LogP contribution in [0.25, 0.3) is 10.9 Å². The van der Waals surface area contributed by atoms with E-state index in [-0.39, 0.29) is 0 Å². The zero-order chi connectivity index (χ0) is 17.8. The number of halogens is 1. The highest BCUT2D eigenvalue weighted by atomic mass is 35.5. The van der Waals surface area contributed by atoms with Gasteiger partial charge in [0.2, 0.25) is 0 Å². The SMILES string of the molecule is Clc1ccc(OCc2cn(CCCn3ccc4ccccc43)nn2)cc1. The number of benzene rings is 2. The molecule has 0 amide bonds. The van der Waals surface area contributed by atoms with E-state index in [9.17, 15) is 0 Å². The van der Waals surface area contributed by atoms with Gasteiger partial charge >= 0.3 is 0 Å². The van der Waals surface area contributed by atoms with Gasteiger partial charge in [-0.2, -0.15) is 0 Å². The molecule has 0 fully saturated rings. The molecule has 0 saturated heterocycles. The van der Waals surface area contributed by atoms with Crippen molar-refractivity contribution >= 4 is 22.5 Å². The van der Waals surface area contributed by atoms with E-state index in [0.29, 0.717) is 11.6 Å². The Morgan fingerprint density at radius 2 is 1.81 bits per heavy atom. The molecular formula is C20H19ClN4O. The van der Waals surface area contributed by atoms with Gasteiger partial charge in [0.15, 0.2) is 0 Å². The number of rotatable bonds is 7. The molecular weight excluding hydrogens is 348 g/mol. The van der Waals surface area contributed by atoms with Gasteiger partial charge < -0.3 is 9.30 Å². The topological polar surface area (TPSA) is 44.9 Å². The summed E-state index contributed by atoms with van der Waals surface area (Å²) in [5.74, 6) is 0.767. The zero-order valence-corrected chi connectivity index (χ0v) is 15.0. The Morgan fingerprint density at radius 3 is 2.69 bits per heavy atom. The fraction of sp³-hybridized carbons (Fsp3) is 0.200. The van der Waals surface area contributed by atoms with E-state index >= 15 is 0 Å². The molecule has 0 N–H and O–H groups in total. The number of hydrogen-bond donors (Lipinski definition) is 0. The molecule has 6 heteroatoms. The lowest BCUT2D eigenvalue weighted by Gasteiger charge is -2.05. The zero-order valence-electron chi connectivity index (χ0n) is 14.3. The number of aryl methyl sites for hydroxylation is 2. The largest absolute Gasteiger partial charge is 0.487 e. The molecule has 2 aromatic carbocycles. The summed E-state index contributed by atoms with van der Waals surface area (Å²) >= 11 is 5.87. The predicted octanol–water partition coefficient (Wildman–Crippen LogP) is 4.56. The van der Waals surface area contributed by atoms with Crippen LogP contribution in [0.4, 0.5) is 0 Å². The van der Waals surface area contributed by atoms with Crippen LogP contribution in [-0.4, -0.2) is 19.6 Å². The maximum Gasteiger partial charge on any atom is 0.134 e. The Kier molecular flexibility index (Phi) is 4.88. The van der Waals surface area contributed by atoms with Crippen molar-refractivity contribution in [1.82, 2.24) is 19.6 Å². The minimum atomic E-state index is 0.393. The van der Waals surface area contributed by atoms with E-state index < -0.39 is 0 Å². The first-order valence-corrected chi connectivity index (χ1v) is 8.97. The highest BCUT2D eigenvalue weighted by Gasteiger charge is 2.04. The number of nitrogens with zero attached hydrogens (tertiary/aromatic N) is 4. The van der Waals surface area contributed by atoms with Crippen LogP contribution >= 0.6 is 11.6 Å². The van der Waals surface area contributed by atoms with Crippen molar-refractivity contribution in [1.29, 1.82) is 0 Å². The number of para-hydroxylation sites is 1. The highest BCUT2D eigenvalue weighted by Crippen LogP contribution is 2.17. The van der Waals surface area contributed by atoms with Crippen molar-refractivity contribution in [2.45, 2.75) is 26.1 Å². The van der Waals surface area contributed by atoms with Crippen LogP contribution < -0.4 is 4.74 Å². The molecule has 2 heterocycles. The molecule has 26 heavy (non-hydrogen) atoms. The molecule has 0 aliphatic carbocycles. The average Bonchev–Trinajstić information content (AvgIpc) is 3.29. The Hall–Kier alpha value is -2.79. The van der Waals surface area contributed by atoms with E-state index in [2.05, 4.69) is 51.4 Å². The third-order valence-electron chi connectivity index (χ3n) is 4.25. The summed E-state index contributed by atoms with van der Waals surface area (Å²) < 4.78 is 9.84. The van der Waals surface area contributed by atoms with Crippen molar-refractivity contribution in [2.24, 2.45) is 0 Å². The molecule has 2 aromatic heterocycles. The van der Waals surface area contributed by atoms with Crippen LogP contribution in [-0.2, 0) is 19.7 Å². The van der Waals surface area contributed by atoms with Crippen LogP contribution in [0.5, 0.6) is 5.75 Å². The van der Waals surface area contributed by atoms with Crippen molar-refractivity contribution in [3.8, 4) is 5.75 Å². The molecule has 132 valence electrons. The molecule has 0 aliphatic heterocycles. The lowest BCUT2D eigenvalue weighted by Crippen LogP contribution is -2.04. The summed E-state index contributed by atoms with van der Waals surface area (Å²) in [6.45, 7) is 2.16. The van der Waals surface area contributed by atoms with Crippen molar-refractivity contribution in [3.63, 3.8) is 0 Å². The highest BCUT2D eigenvalue weighted by molar-refractivity contribution is 6.30. The van der Waals surface area contributed by atoms with Crippen LogP contribution in [0.1, 0.15) is 12.1 Å². The summed E-state index contributed by atoms with van der Waals surface area (Å²) in [4.78, 5) is 0. The van der Waals surface area contributed by atoms with E-state index in [4.69, 9.17) is 16.3 Å². The second kappa shape index (κ2) is 7.62. The van der Waals surface area contributed by atoms with Gasteiger partial charge in [-0.15, -0.1) is 5.10 Å². The maximum absolute atomic E-state index is 5.87. The van der Waals surface area contributed by atoms with Gasteiger partial charge in [-0.25, -0.2) is 0 Å². The number of ether oxygens (including phenoxy) is 1. The normalized spacial score (nSPS) is 11.1. The van der Waals surface area contributed by atoms with E-state index in [0.717, 1.165) is 31.0 Å². The second-order valence-electron chi connectivity index (χ2n) is 6.14. The van der Waals surface area contributed by atoms with Crippen LogP contribution in [0, 0.1) is 0 Å². The minimum Gasteiger partial charge on any atom is -0.487 e. The molecule has 0 atom stereocenters. The summed E-state index contributed by atoms with van der Waals surface area (Å²) in [7, 11) is 0. The molecule has 4 rings (SSSR count). The lowest BCUT2D eigenvalue weighted by molar-refractivity contribution is 0.301. The Labute approximate surface area is 156 Å². The number of hydrogen-bond acceptors (Lipinski definition) is 3. The summed E-state index contributed by atoms with van der Waals surface area (Å²) in [5.41, 5.74) is 2.08. The lowest BCUT2D eigenvalue weighted by atomic mass is 10.2. The van der Waals surface area contributed by atoms with Crippen LogP contribution in [0.3, 0.4) is 0 Å². The van der Waals surface area contributed by atoms with Crippen LogP contribution in [0.15, 0.2) is 67.0 Å². The molecule has 5 nitrogen and oxygen atoms in total. The Bertz CT molecular complexity index is 990. The van der Waals surface area contributed by atoms with Gasteiger partial charge in [0, 0.05) is 29.8 Å². The van der Waals surface area contributed by atoms with Crippen molar-refractivity contribution in [3.05, 3.63) is 77.7 Å². The van der Waals surface area contributed by atoms with Gasteiger partial charge in [-0.1, -0.05) is 35.0 Å². The second-order valence-corrected chi connectivity index (χ2v) is 6.57. The molecule has 0 bridgehead atoms. The molecule has 0 radical (unpaired) electrons. The Morgan fingerprint density at radius 1 is 0.962 bits per heavy atom. The summed E-state index contributed by atoms with van der Waals surface area (Å²) in [5, 5.41) is 10.3. The van der Waals surface area contributed by atoms with Gasteiger partial charge in [-0.05, 0) is 48.2 Å². The van der Waals surface area contributed by atoms with Gasteiger partial charge in [0.25, 0.3) is 0 Å². The maximum atomic E-state index is 5.87. The quantitative estimate of drug-likeness (QED) is 0.481. The first kappa shape index (κ1) is 16.7. The first-order chi connectivity index (χ1) is 12.8. The number of aromatic nitrogens is 4. The van der Waals surface area contributed by atoms with E-state index in [1.807, 2.05) is 23.0 Å². The summed E-state index contributed by atoms with van der Waals surface area (Å²) in [6, 6.07) is 17.9. The molecule has 0 saturated carbocycles. The molecule has 4 aromatic rings. The summed E-state index contributed by atoms with van der Waals surface area (Å²) in [6.07, 6.45) is 5.06.